The molecular weight excluding hydrogens is 253 g/mol. The van der Waals surface area contributed by atoms with E-state index in [-0.39, 0.29) is 22.9 Å². The van der Waals surface area contributed by atoms with Gasteiger partial charge >= 0.3 is 5.97 Å². The van der Waals surface area contributed by atoms with Crippen molar-refractivity contribution >= 4 is 5.97 Å². The van der Waals surface area contributed by atoms with Crippen LogP contribution in [0.1, 0.15) is 16.1 Å². The molecule has 0 aliphatic rings. The number of carboxylic acids is 1. The minimum atomic E-state index is -1.28. The first kappa shape index (κ1) is 12.4. The van der Waals surface area contributed by atoms with E-state index in [2.05, 4.69) is 9.97 Å². The molecule has 2 rings (SSSR count). The molecule has 0 bridgehead atoms. The SMILES string of the molecule is N#Cc1nccnc1Oc1cc(F)ccc1C(=O)O. The molecule has 0 saturated carbocycles. The number of ether oxygens (including phenoxy) is 1. The van der Waals surface area contributed by atoms with Gasteiger partial charge in [-0.1, -0.05) is 0 Å². The summed E-state index contributed by atoms with van der Waals surface area (Å²) >= 11 is 0. The number of nitrogens with zero attached hydrogens (tertiary/aromatic N) is 3. The lowest BCUT2D eigenvalue weighted by molar-refractivity contribution is 0.0694. The summed E-state index contributed by atoms with van der Waals surface area (Å²) in [7, 11) is 0. The van der Waals surface area contributed by atoms with Gasteiger partial charge in [0.15, 0.2) is 0 Å². The van der Waals surface area contributed by atoms with Crippen molar-refractivity contribution < 1.29 is 19.0 Å². The average molecular weight is 259 g/mol. The fourth-order valence-corrected chi connectivity index (χ4v) is 1.34. The summed E-state index contributed by atoms with van der Waals surface area (Å²) in [6.07, 6.45) is 2.56. The Kier molecular flexibility index (Phi) is 3.34. The molecular formula is C12H6FN3O3. The van der Waals surface area contributed by atoms with Crippen LogP contribution in [0.5, 0.6) is 11.6 Å². The number of carbonyl (C=O) groups is 1. The molecule has 1 N–H and O–H groups in total. The molecule has 19 heavy (non-hydrogen) atoms. The predicted octanol–water partition coefficient (Wildman–Crippen LogP) is 1.98. The van der Waals surface area contributed by atoms with Crippen LogP contribution in [0.3, 0.4) is 0 Å². The van der Waals surface area contributed by atoms with Crippen molar-refractivity contribution in [3.8, 4) is 17.7 Å². The van der Waals surface area contributed by atoms with Crippen LogP contribution in [0.25, 0.3) is 0 Å². The van der Waals surface area contributed by atoms with Crippen LogP contribution >= 0.6 is 0 Å². The monoisotopic (exact) mass is 259 g/mol. The third-order valence-corrected chi connectivity index (χ3v) is 2.15. The molecule has 0 aliphatic heterocycles. The molecule has 1 aromatic heterocycles. The Morgan fingerprint density at radius 3 is 2.79 bits per heavy atom. The molecule has 0 unspecified atom stereocenters. The smallest absolute Gasteiger partial charge is 0.339 e. The average Bonchev–Trinajstić information content (AvgIpc) is 2.39. The van der Waals surface area contributed by atoms with E-state index in [1.54, 1.807) is 6.07 Å². The number of aromatic carboxylic acids is 1. The Morgan fingerprint density at radius 2 is 2.11 bits per heavy atom. The summed E-state index contributed by atoms with van der Waals surface area (Å²) in [4.78, 5) is 18.4. The molecule has 0 amide bonds. The standard InChI is InChI=1S/C12H6FN3O3/c13-7-1-2-8(12(17)18)10(5-7)19-11-9(6-14)15-3-4-16-11/h1-5H,(H,17,18). The second-order valence-corrected chi connectivity index (χ2v) is 3.37. The zero-order chi connectivity index (χ0) is 13.8. The Hall–Kier alpha value is -3.01. The number of hydrogen-bond acceptors (Lipinski definition) is 5. The van der Waals surface area contributed by atoms with E-state index in [9.17, 15) is 9.18 Å². The number of rotatable bonds is 3. The first-order valence-corrected chi connectivity index (χ1v) is 5.03. The number of aromatic nitrogens is 2. The number of nitriles is 1. The molecule has 0 atom stereocenters. The van der Waals surface area contributed by atoms with Crippen LogP contribution in [0.2, 0.25) is 0 Å². The minimum absolute atomic E-state index is 0.122. The quantitative estimate of drug-likeness (QED) is 0.905. The lowest BCUT2D eigenvalue weighted by atomic mass is 10.2. The second kappa shape index (κ2) is 5.10. The van der Waals surface area contributed by atoms with Gasteiger partial charge in [-0.2, -0.15) is 5.26 Å². The molecule has 2 aromatic rings. The maximum Gasteiger partial charge on any atom is 0.339 e. The highest BCUT2D eigenvalue weighted by Crippen LogP contribution is 2.26. The van der Waals surface area contributed by atoms with Crippen molar-refractivity contribution in [2.24, 2.45) is 0 Å². The molecule has 1 heterocycles. The summed E-state index contributed by atoms with van der Waals surface area (Å²) in [5, 5.41) is 17.8. The Morgan fingerprint density at radius 1 is 1.37 bits per heavy atom. The van der Waals surface area contributed by atoms with E-state index in [4.69, 9.17) is 15.1 Å². The number of benzene rings is 1. The topological polar surface area (TPSA) is 96.1 Å². The zero-order valence-corrected chi connectivity index (χ0v) is 9.37. The van der Waals surface area contributed by atoms with Gasteiger partial charge in [-0.05, 0) is 12.1 Å². The third-order valence-electron chi connectivity index (χ3n) is 2.15. The Balaban J connectivity index is 2.46. The molecule has 0 radical (unpaired) electrons. The molecule has 0 spiro atoms. The van der Waals surface area contributed by atoms with Gasteiger partial charge < -0.3 is 9.84 Å². The summed E-state index contributed by atoms with van der Waals surface area (Å²) in [6.45, 7) is 0. The molecule has 1 aromatic carbocycles. The van der Waals surface area contributed by atoms with E-state index >= 15 is 0 Å². The van der Waals surface area contributed by atoms with Crippen molar-refractivity contribution in [3.05, 3.63) is 47.7 Å². The predicted molar refractivity (Wildman–Crippen MR) is 60.2 cm³/mol. The molecule has 6 nitrogen and oxygen atoms in total. The minimum Gasteiger partial charge on any atom is -0.478 e. The van der Waals surface area contributed by atoms with Crippen molar-refractivity contribution in [3.63, 3.8) is 0 Å². The van der Waals surface area contributed by atoms with Crippen LogP contribution in [-0.2, 0) is 0 Å². The fourth-order valence-electron chi connectivity index (χ4n) is 1.34. The first-order chi connectivity index (χ1) is 9.11. The lowest BCUT2D eigenvalue weighted by Crippen LogP contribution is -2.02. The molecule has 0 fully saturated rings. The lowest BCUT2D eigenvalue weighted by Gasteiger charge is -2.08. The van der Waals surface area contributed by atoms with Crippen LogP contribution < -0.4 is 4.74 Å². The largest absolute Gasteiger partial charge is 0.478 e. The van der Waals surface area contributed by atoms with Gasteiger partial charge in [0, 0.05) is 18.5 Å². The Bertz CT molecular complexity index is 682. The summed E-state index contributed by atoms with van der Waals surface area (Å²) in [6, 6.07) is 4.70. The molecule has 0 saturated heterocycles. The summed E-state index contributed by atoms with van der Waals surface area (Å²) < 4.78 is 18.3. The fraction of sp³-hybridized carbons (Fsp3) is 0. The maximum atomic E-state index is 13.1. The van der Waals surface area contributed by atoms with Gasteiger partial charge in [0.25, 0.3) is 5.88 Å². The van der Waals surface area contributed by atoms with Crippen LogP contribution in [-0.4, -0.2) is 21.0 Å². The van der Waals surface area contributed by atoms with Crippen LogP contribution in [0.4, 0.5) is 4.39 Å². The van der Waals surface area contributed by atoms with Gasteiger partial charge in [-0.15, -0.1) is 0 Å². The van der Waals surface area contributed by atoms with E-state index in [0.29, 0.717) is 0 Å². The van der Waals surface area contributed by atoms with E-state index in [1.165, 1.54) is 12.4 Å². The van der Waals surface area contributed by atoms with Gasteiger partial charge in [0.2, 0.25) is 5.69 Å². The number of hydrogen-bond donors (Lipinski definition) is 1. The van der Waals surface area contributed by atoms with E-state index in [0.717, 1.165) is 18.2 Å². The number of halogens is 1. The van der Waals surface area contributed by atoms with E-state index < -0.39 is 11.8 Å². The van der Waals surface area contributed by atoms with Gasteiger partial charge in [-0.3, -0.25) is 0 Å². The van der Waals surface area contributed by atoms with Crippen LogP contribution in [0, 0.1) is 17.1 Å². The van der Waals surface area contributed by atoms with Crippen molar-refractivity contribution in [1.82, 2.24) is 9.97 Å². The highest BCUT2D eigenvalue weighted by atomic mass is 19.1. The Labute approximate surface area is 106 Å². The summed E-state index contributed by atoms with van der Waals surface area (Å²) in [5.74, 6) is -2.37. The highest BCUT2D eigenvalue weighted by Gasteiger charge is 2.15. The highest BCUT2D eigenvalue weighted by molar-refractivity contribution is 5.90. The number of carboxylic acid groups (broad SMARTS) is 1. The zero-order valence-electron chi connectivity index (χ0n) is 9.37. The normalized spacial score (nSPS) is 9.68. The van der Waals surface area contributed by atoms with Crippen molar-refractivity contribution in [2.75, 3.05) is 0 Å². The van der Waals surface area contributed by atoms with E-state index in [1.807, 2.05) is 0 Å². The molecule has 94 valence electrons. The van der Waals surface area contributed by atoms with Crippen LogP contribution in [0.15, 0.2) is 30.6 Å². The van der Waals surface area contributed by atoms with Gasteiger partial charge in [-0.25, -0.2) is 19.2 Å². The first-order valence-electron chi connectivity index (χ1n) is 5.03. The molecule has 7 heteroatoms. The molecule has 0 aliphatic carbocycles. The maximum absolute atomic E-state index is 13.1. The third kappa shape index (κ3) is 2.63. The summed E-state index contributed by atoms with van der Waals surface area (Å²) in [5.41, 5.74) is -0.362. The van der Waals surface area contributed by atoms with Gasteiger partial charge in [0.1, 0.15) is 23.2 Å². The van der Waals surface area contributed by atoms with Crippen molar-refractivity contribution in [1.29, 1.82) is 5.26 Å². The van der Waals surface area contributed by atoms with Crippen molar-refractivity contribution in [2.45, 2.75) is 0 Å². The second-order valence-electron chi connectivity index (χ2n) is 3.37. The van der Waals surface area contributed by atoms with Gasteiger partial charge in [0.05, 0.1) is 0 Å².